The van der Waals surface area contributed by atoms with Crippen LogP contribution in [0.4, 0.5) is 0 Å². The van der Waals surface area contributed by atoms with E-state index in [-0.39, 0.29) is 17.3 Å². The molecule has 0 aromatic heterocycles. The third-order valence-electron chi connectivity index (χ3n) is 3.57. The Morgan fingerprint density at radius 3 is 2.41 bits per heavy atom. The molecule has 2 aliphatic rings. The van der Waals surface area contributed by atoms with Crippen LogP contribution < -0.4 is 0 Å². The van der Waals surface area contributed by atoms with Crippen molar-refractivity contribution in [1.82, 2.24) is 0 Å². The Kier molecular flexibility index (Phi) is 5.03. The van der Waals surface area contributed by atoms with Gasteiger partial charge in [0.05, 0.1) is 19.3 Å². The lowest BCUT2D eigenvalue weighted by atomic mass is 9.96. The number of hydrogen-bond acceptors (Lipinski definition) is 6. The normalized spacial score (nSPS) is 30.3. The molecule has 2 saturated heterocycles. The van der Waals surface area contributed by atoms with Gasteiger partial charge in [-0.2, -0.15) is 0 Å². The summed E-state index contributed by atoms with van der Waals surface area (Å²) in [5, 5.41) is 0. The number of esters is 2. The summed E-state index contributed by atoms with van der Waals surface area (Å²) in [7, 11) is 0. The average molecular weight is 310 g/mol. The molecule has 0 bridgehead atoms. The van der Waals surface area contributed by atoms with Gasteiger partial charge in [-0.3, -0.25) is 0 Å². The minimum absolute atomic E-state index is 0.0537. The molecule has 0 N–H and O–H groups in total. The lowest BCUT2D eigenvalue weighted by molar-refractivity contribution is -0.292. The van der Waals surface area contributed by atoms with Crippen LogP contribution in [0.15, 0.2) is 24.3 Å². The van der Waals surface area contributed by atoms with Gasteiger partial charge in [0.2, 0.25) is 0 Å². The van der Waals surface area contributed by atoms with Gasteiger partial charge < -0.3 is 18.9 Å². The smallest absolute Gasteiger partial charge is 0.335 e. The SMILES string of the molecule is C=C(C)C(=O)OC1CCCOC1(CC1CO1)OC(=O)C(=C)C. The Bertz CT molecular complexity index is 493. The number of hydrogen-bond donors (Lipinski definition) is 0. The number of carbonyl (C=O) groups excluding carboxylic acids is 2. The van der Waals surface area contributed by atoms with Gasteiger partial charge in [0.15, 0.2) is 6.10 Å². The highest BCUT2D eigenvalue weighted by Crippen LogP contribution is 2.37. The summed E-state index contributed by atoms with van der Waals surface area (Å²) < 4.78 is 22.0. The van der Waals surface area contributed by atoms with Gasteiger partial charge in [0.1, 0.15) is 0 Å². The number of epoxide rings is 1. The van der Waals surface area contributed by atoms with E-state index in [9.17, 15) is 9.59 Å². The van der Waals surface area contributed by atoms with Gasteiger partial charge in [-0.1, -0.05) is 13.2 Å². The molecule has 2 rings (SSSR count). The van der Waals surface area contributed by atoms with Crippen LogP contribution in [0.25, 0.3) is 0 Å². The highest BCUT2D eigenvalue weighted by atomic mass is 16.7. The molecule has 6 nitrogen and oxygen atoms in total. The Balaban J connectivity index is 2.20. The molecule has 22 heavy (non-hydrogen) atoms. The molecule has 0 radical (unpaired) electrons. The summed E-state index contributed by atoms with van der Waals surface area (Å²) in [5.74, 6) is -2.41. The van der Waals surface area contributed by atoms with Crippen molar-refractivity contribution in [1.29, 1.82) is 0 Å². The Hall–Kier alpha value is -1.66. The summed E-state index contributed by atoms with van der Waals surface area (Å²) >= 11 is 0. The van der Waals surface area contributed by atoms with E-state index in [2.05, 4.69) is 13.2 Å². The minimum atomic E-state index is -1.32. The molecule has 3 unspecified atom stereocenters. The first-order chi connectivity index (χ1) is 10.3. The molecular formula is C16H22O6. The first kappa shape index (κ1) is 16.7. The second-order valence-electron chi connectivity index (χ2n) is 5.81. The van der Waals surface area contributed by atoms with Gasteiger partial charge in [-0.05, 0) is 26.7 Å². The van der Waals surface area contributed by atoms with Crippen molar-refractivity contribution in [2.45, 2.75) is 51.1 Å². The van der Waals surface area contributed by atoms with Crippen molar-refractivity contribution in [3.05, 3.63) is 24.3 Å². The molecule has 0 aliphatic carbocycles. The first-order valence-electron chi connectivity index (χ1n) is 7.35. The monoisotopic (exact) mass is 310 g/mol. The van der Waals surface area contributed by atoms with E-state index in [0.29, 0.717) is 32.5 Å². The number of ether oxygens (including phenoxy) is 4. The van der Waals surface area contributed by atoms with E-state index in [0.717, 1.165) is 0 Å². The zero-order valence-electron chi connectivity index (χ0n) is 13.1. The molecule has 0 saturated carbocycles. The molecule has 3 atom stereocenters. The Morgan fingerprint density at radius 2 is 1.86 bits per heavy atom. The summed E-state index contributed by atoms with van der Waals surface area (Å²) in [4.78, 5) is 23.8. The van der Waals surface area contributed by atoms with Crippen LogP contribution in [0.1, 0.15) is 33.1 Å². The van der Waals surface area contributed by atoms with E-state index in [1.807, 2.05) is 0 Å². The predicted octanol–water partition coefficient (Wildman–Crippen LogP) is 1.89. The summed E-state index contributed by atoms with van der Waals surface area (Å²) in [5.41, 5.74) is 0.545. The van der Waals surface area contributed by atoms with E-state index in [1.165, 1.54) is 0 Å². The van der Waals surface area contributed by atoms with Crippen LogP contribution in [0, 0.1) is 0 Å². The number of rotatable bonds is 6. The molecule has 0 aromatic rings. The molecular weight excluding hydrogens is 288 g/mol. The van der Waals surface area contributed by atoms with Crippen LogP contribution in [0.2, 0.25) is 0 Å². The van der Waals surface area contributed by atoms with Crippen molar-refractivity contribution in [3.63, 3.8) is 0 Å². The van der Waals surface area contributed by atoms with Gasteiger partial charge in [0.25, 0.3) is 5.79 Å². The van der Waals surface area contributed by atoms with Crippen LogP contribution in [0.3, 0.4) is 0 Å². The zero-order valence-corrected chi connectivity index (χ0v) is 13.1. The predicted molar refractivity (Wildman–Crippen MR) is 77.9 cm³/mol. The van der Waals surface area contributed by atoms with E-state index < -0.39 is 23.8 Å². The molecule has 2 aliphatic heterocycles. The highest BCUT2D eigenvalue weighted by molar-refractivity contribution is 5.88. The van der Waals surface area contributed by atoms with Crippen LogP contribution in [-0.4, -0.2) is 43.1 Å². The minimum Gasteiger partial charge on any atom is -0.452 e. The molecule has 0 aromatic carbocycles. The standard InChI is InChI=1S/C16H22O6/c1-10(2)14(17)21-13-6-5-7-20-16(13,8-12-9-19-12)22-15(18)11(3)4/h12-13H,1,3,5-9H2,2,4H3. The van der Waals surface area contributed by atoms with Crippen molar-refractivity contribution in [2.24, 2.45) is 0 Å². The summed E-state index contributed by atoms with van der Waals surface area (Å²) in [6, 6.07) is 0. The van der Waals surface area contributed by atoms with Gasteiger partial charge in [0, 0.05) is 17.6 Å². The van der Waals surface area contributed by atoms with Crippen LogP contribution >= 0.6 is 0 Å². The maximum Gasteiger partial charge on any atom is 0.335 e. The van der Waals surface area contributed by atoms with Gasteiger partial charge in [-0.25, -0.2) is 9.59 Å². The molecule has 6 heteroatoms. The van der Waals surface area contributed by atoms with E-state index >= 15 is 0 Å². The largest absolute Gasteiger partial charge is 0.452 e. The van der Waals surface area contributed by atoms with Crippen LogP contribution in [-0.2, 0) is 28.5 Å². The average Bonchev–Trinajstić information content (AvgIpc) is 3.24. The zero-order chi connectivity index (χ0) is 16.3. The molecule has 122 valence electrons. The Labute approximate surface area is 130 Å². The van der Waals surface area contributed by atoms with Gasteiger partial charge >= 0.3 is 11.9 Å². The topological polar surface area (TPSA) is 74.4 Å². The maximum atomic E-state index is 12.0. The maximum absolute atomic E-state index is 12.0. The fourth-order valence-corrected chi connectivity index (χ4v) is 2.28. The molecule has 0 spiro atoms. The fourth-order valence-electron chi connectivity index (χ4n) is 2.28. The molecule has 2 fully saturated rings. The Morgan fingerprint density at radius 1 is 1.23 bits per heavy atom. The van der Waals surface area contributed by atoms with E-state index in [1.54, 1.807) is 13.8 Å². The first-order valence-corrected chi connectivity index (χ1v) is 7.35. The van der Waals surface area contributed by atoms with Crippen LogP contribution in [0.5, 0.6) is 0 Å². The summed E-state index contributed by atoms with van der Waals surface area (Å²) in [6.45, 7) is 11.3. The fraction of sp³-hybridized carbons (Fsp3) is 0.625. The quantitative estimate of drug-likeness (QED) is 0.424. The highest BCUT2D eigenvalue weighted by Gasteiger charge is 2.52. The van der Waals surface area contributed by atoms with Crippen molar-refractivity contribution in [2.75, 3.05) is 13.2 Å². The van der Waals surface area contributed by atoms with Crippen molar-refractivity contribution >= 4 is 11.9 Å². The lowest BCUT2D eigenvalue weighted by Gasteiger charge is -2.41. The summed E-state index contributed by atoms with van der Waals surface area (Å²) in [6.07, 6.45) is 0.863. The third-order valence-corrected chi connectivity index (χ3v) is 3.57. The third kappa shape index (κ3) is 3.96. The molecule has 2 heterocycles. The number of carbonyl (C=O) groups is 2. The second-order valence-corrected chi connectivity index (χ2v) is 5.81. The lowest BCUT2D eigenvalue weighted by Crippen LogP contribution is -2.54. The van der Waals surface area contributed by atoms with Gasteiger partial charge in [-0.15, -0.1) is 0 Å². The van der Waals surface area contributed by atoms with Crippen molar-refractivity contribution in [3.8, 4) is 0 Å². The van der Waals surface area contributed by atoms with Crippen molar-refractivity contribution < 1.29 is 28.5 Å². The van der Waals surface area contributed by atoms with E-state index in [4.69, 9.17) is 18.9 Å². The second kappa shape index (κ2) is 6.62. The molecule has 0 amide bonds.